The number of hydrogen-bond acceptors (Lipinski definition) is 3. The Balaban J connectivity index is 2.48. The fourth-order valence-electron chi connectivity index (χ4n) is 2.06. The molecule has 2 aromatic rings. The van der Waals surface area contributed by atoms with E-state index in [0.717, 1.165) is 5.56 Å². The van der Waals surface area contributed by atoms with Crippen LogP contribution in [0.3, 0.4) is 0 Å². The number of aromatic nitrogens is 3. The number of nitrogens with zero attached hydrogens (tertiary/aromatic N) is 3. The Morgan fingerprint density at radius 1 is 0.720 bits per heavy atom. The Morgan fingerprint density at radius 2 is 1.16 bits per heavy atom. The van der Waals surface area contributed by atoms with E-state index in [0.29, 0.717) is 0 Å². The zero-order valence-corrected chi connectivity index (χ0v) is 18.0. The van der Waals surface area contributed by atoms with Gasteiger partial charge in [-0.25, -0.2) is 15.0 Å². The van der Waals surface area contributed by atoms with Gasteiger partial charge in [-0.2, -0.15) is 0 Å². The topological polar surface area (TPSA) is 38.7 Å². The summed E-state index contributed by atoms with van der Waals surface area (Å²) in [5.41, 5.74) is 4.58. The molecule has 1 aromatic heterocycles. The second-order valence-electron chi connectivity index (χ2n) is 5.45. The minimum atomic E-state index is -1.87. The monoisotopic (exact) mass is 457 g/mol. The second-order valence-corrected chi connectivity index (χ2v) is 10.0. The predicted octanol–water partition coefficient (Wildman–Crippen LogP) is 6.62. The van der Waals surface area contributed by atoms with Crippen molar-refractivity contribution in [1.82, 2.24) is 15.0 Å². The maximum Gasteiger partial charge on any atom is 0.250 e. The third kappa shape index (κ3) is 5.59. The van der Waals surface area contributed by atoms with Crippen molar-refractivity contribution in [3.05, 3.63) is 51.9 Å². The van der Waals surface area contributed by atoms with Crippen LogP contribution in [0.25, 0.3) is 12.2 Å². The zero-order chi connectivity index (χ0) is 19.0. The molecule has 0 aliphatic rings. The Bertz CT molecular complexity index is 766. The van der Waals surface area contributed by atoms with E-state index in [1.54, 1.807) is 6.08 Å². The van der Waals surface area contributed by atoms with Crippen LogP contribution in [0.15, 0.2) is 12.1 Å². The van der Waals surface area contributed by atoms with Gasteiger partial charge in [0, 0.05) is 0 Å². The molecule has 1 aromatic carbocycles. The van der Waals surface area contributed by atoms with Crippen LogP contribution in [-0.4, -0.2) is 15.0 Å². The lowest BCUT2D eigenvalue weighted by molar-refractivity contribution is 0.835. The van der Waals surface area contributed by atoms with Crippen molar-refractivity contribution in [2.24, 2.45) is 0 Å². The van der Waals surface area contributed by atoms with E-state index in [-0.39, 0.29) is 17.5 Å². The minimum absolute atomic E-state index is 0.121. The molecule has 0 atom stereocenters. The van der Waals surface area contributed by atoms with Crippen molar-refractivity contribution in [2.75, 3.05) is 0 Å². The molecule has 0 bridgehead atoms. The van der Waals surface area contributed by atoms with Gasteiger partial charge in [0.05, 0.1) is 0 Å². The summed E-state index contributed by atoms with van der Waals surface area (Å²) in [6, 6.07) is 4.09. The fraction of sp³-hybridized carbons (Fsp3) is 0.312. The van der Waals surface area contributed by atoms with Gasteiger partial charge < -0.3 is 0 Å². The molecule has 0 amide bonds. The number of alkyl halides is 6. The number of hydrogen-bond donors (Lipinski definition) is 0. The van der Waals surface area contributed by atoms with Crippen LogP contribution in [0.5, 0.6) is 0 Å². The quantitative estimate of drug-likeness (QED) is 0.473. The largest absolute Gasteiger partial charge is 0.250 e. The maximum absolute atomic E-state index is 5.85. The summed E-state index contributed by atoms with van der Waals surface area (Å²) in [6.45, 7) is 6.17. The highest BCUT2D eigenvalue weighted by molar-refractivity contribution is 6.67. The molecule has 0 aliphatic heterocycles. The van der Waals surface area contributed by atoms with Gasteiger partial charge in [-0.3, -0.25) is 0 Å². The van der Waals surface area contributed by atoms with Crippen LogP contribution < -0.4 is 0 Å². The summed E-state index contributed by atoms with van der Waals surface area (Å²) in [6.07, 6.45) is 3.48. The van der Waals surface area contributed by atoms with E-state index in [2.05, 4.69) is 21.9 Å². The molecule has 3 nitrogen and oxygen atoms in total. The molecule has 0 unspecified atom stereocenters. The van der Waals surface area contributed by atoms with Crippen LogP contribution in [-0.2, 0) is 7.59 Å². The highest BCUT2D eigenvalue weighted by Crippen LogP contribution is 2.40. The van der Waals surface area contributed by atoms with Crippen molar-refractivity contribution in [3.63, 3.8) is 0 Å². The van der Waals surface area contributed by atoms with Gasteiger partial charge in [0.15, 0.2) is 17.5 Å². The highest BCUT2D eigenvalue weighted by Gasteiger charge is 2.33. The lowest BCUT2D eigenvalue weighted by atomic mass is 10.0. The molecule has 0 saturated carbocycles. The molecule has 9 heteroatoms. The molecule has 0 aliphatic carbocycles. The van der Waals surface area contributed by atoms with Gasteiger partial charge >= 0.3 is 0 Å². The summed E-state index contributed by atoms with van der Waals surface area (Å²) in [5.74, 6) is -0.0250. The summed E-state index contributed by atoms with van der Waals surface area (Å²) < 4.78 is -3.74. The fourth-order valence-corrected chi connectivity index (χ4v) is 2.56. The van der Waals surface area contributed by atoms with Crippen LogP contribution in [0.2, 0.25) is 0 Å². The number of rotatable bonds is 2. The average Bonchev–Trinajstić information content (AvgIpc) is 2.48. The predicted molar refractivity (Wildman–Crippen MR) is 108 cm³/mol. The van der Waals surface area contributed by atoms with Gasteiger partial charge in [-0.1, -0.05) is 87.8 Å². The van der Waals surface area contributed by atoms with Crippen molar-refractivity contribution in [2.45, 2.75) is 28.4 Å². The van der Waals surface area contributed by atoms with E-state index in [9.17, 15) is 0 Å². The number of aryl methyl sites for hydroxylation is 2. The summed E-state index contributed by atoms with van der Waals surface area (Å²) in [5, 5.41) is 0. The van der Waals surface area contributed by atoms with E-state index < -0.39 is 7.59 Å². The summed E-state index contributed by atoms with van der Waals surface area (Å²) >= 11 is 35.1. The molecule has 25 heavy (non-hydrogen) atoms. The van der Waals surface area contributed by atoms with E-state index in [4.69, 9.17) is 69.6 Å². The van der Waals surface area contributed by atoms with E-state index >= 15 is 0 Å². The lowest BCUT2D eigenvalue weighted by Crippen LogP contribution is -2.16. The third-order valence-corrected chi connectivity index (χ3v) is 4.55. The van der Waals surface area contributed by atoms with Crippen LogP contribution in [0.1, 0.15) is 39.7 Å². The van der Waals surface area contributed by atoms with E-state index in [1.807, 2.05) is 32.1 Å². The summed E-state index contributed by atoms with van der Waals surface area (Å²) in [7, 11) is 0. The van der Waals surface area contributed by atoms with Gasteiger partial charge in [-0.05, 0) is 49.1 Å². The highest BCUT2D eigenvalue weighted by atomic mass is 35.6. The Labute approximate surface area is 176 Å². The lowest BCUT2D eigenvalue weighted by Gasteiger charge is -2.14. The Hall–Kier alpha value is -0.290. The van der Waals surface area contributed by atoms with Crippen molar-refractivity contribution in [1.29, 1.82) is 0 Å². The molecule has 0 spiro atoms. The normalized spacial score (nSPS) is 12.8. The Kier molecular flexibility index (Phi) is 6.52. The first-order valence-electron chi connectivity index (χ1n) is 7.04. The molecule has 0 radical (unpaired) electrons. The van der Waals surface area contributed by atoms with Crippen molar-refractivity contribution < 1.29 is 0 Å². The van der Waals surface area contributed by atoms with Crippen molar-refractivity contribution >= 4 is 81.8 Å². The number of halogens is 6. The zero-order valence-electron chi connectivity index (χ0n) is 13.4. The molecule has 2 rings (SSSR count). The number of benzene rings is 1. The molecule has 0 fully saturated rings. The molecular formula is C16H13Cl6N3. The van der Waals surface area contributed by atoms with E-state index in [1.165, 1.54) is 16.7 Å². The average molecular weight is 460 g/mol. The first-order chi connectivity index (χ1) is 11.4. The molecule has 0 N–H and O–H groups in total. The van der Waals surface area contributed by atoms with Crippen LogP contribution >= 0.6 is 69.6 Å². The molecule has 0 saturated heterocycles. The molecule has 1 heterocycles. The standard InChI is InChI=1S/C16H13Cl6N3/c1-8-6-11(7-9(2)10(8)3)4-5-12-23-13(15(17,18)19)25-14(24-12)16(20,21)22/h4-7H,1-3H3. The molecular weight excluding hydrogens is 447 g/mol. The minimum Gasteiger partial charge on any atom is -0.209 e. The SMILES string of the molecule is Cc1cc(C=Cc2nc(C(Cl)(Cl)Cl)nc(C(Cl)(Cl)Cl)n2)cc(C)c1C. The second kappa shape index (κ2) is 7.75. The first kappa shape index (κ1) is 21.0. The van der Waals surface area contributed by atoms with Gasteiger partial charge in [-0.15, -0.1) is 0 Å². The van der Waals surface area contributed by atoms with Gasteiger partial charge in [0.25, 0.3) is 0 Å². The van der Waals surface area contributed by atoms with Gasteiger partial charge in [0.1, 0.15) is 0 Å². The molecule has 134 valence electrons. The smallest absolute Gasteiger partial charge is 0.209 e. The van der Waals surface area contributed by atoms with Crippen LogP contribution in [0, 0.1) is 20.8 Å². The third-order valence-electron chi connectivity index (χ3n) is 3.53. The maximum atomic E-state index is 5.85. The van der Waals surface area contributed by atoms with Gasteiger partial charge in [0.2, 0.25) is 7.59 Å². The summed E-state index contributed by atoms with van der Waals surface area (Å²) in [4.78, 5) is 12.2. The van der Waals surface area contributed by atoms with Crippen molar-refractivity contribution in [3.8, 4) is 0 Å². The first-order valence-corrected chi connectivity index (χ1v) is 9.31. The van der Waals surface area contributed by atoms with Crippen LogP contribution in [0.4, 0.5) is 0 Å². The Morgan fingerprint density at radius 3 is 1.56 bits per heavy atom.